The Morgan fingerprint density at radius 2 is 2.07 bits per heavy atom. The molecule has 0 fully saturated rings. The van der Waals surface area contributed by atoms with Crippen molar-refractivity contribution >= 4 is 11.7 Å². The minimum absolute atomic E-state index is 0.0342. The fraction of sp³-hybridized carbons (Fsp3) is 0.417. The third kappa shape index (κ3) is 1.48. The fourth-order valence-electron chi connectivity index (χ4n) is 2.16. The van der Waals surface area contributed by atoms with Crippen LogP contribution in [0, 0.1) is 0 Å². The average Bonchev–Trinajstić information content (AvgIpc) is 2.51. The lowest BCUT2D eigenvalue weighted by Crippen LogP contribution is -2.39. The molecule has 0 radical (unpaired) electrons. The number of urea groups is 1. The molecule has 1 aliphatic heterocycles. The zero-order valence-electron chi connectivity index (χ0n) is 9.37. The van der Waals surface area contributed by atoms with Crippen LogP contribution in [0.4, 0.5) is 10.5 Å². The Bertz CT molecular complexity index is 398. The zero-order chi connectivity index (χ0) is 11.1. The SMILES string of the molecule is CNC(=O)N1CC(C)(C)c2ccccc21. The number of fused-ring (bicyclic) bond motifs is 1. The summed E-state index contributed by atoms with van der Waals surface area (Å²) in [5, 5.41) is 2.67. The maximum atomic E-state index is 11.7. The van der Waals surface area contributed by atoms with Crippen LogP contribution in [0.2, 0.25) is 0 Å². The van der Waals surface area contributed by atoms with Crippen molar-refractivity contribution in [3.8, 4) is 0 Å². The number of carbonyl (C=O) groups is 1. The molecule has 15 heavy (non-hydrogen) atoms. The van der Waals surface area contributed by atoms with Crippen LogP contribution in [0.3, 0.4) is 0 Å². The van der Waals surface area contributed by atoms with Crippen LogP contribution in [0.15, 0.2) is 24.3 Å². The number of para-hydroxylation sites is 1. The molecule has 1 aliphatic rings. The molecule has 1 N–H and O–H groups in total. The number of benzene rings is 1. The molecule has 0 aliphatic carbocycles. The van der Waals surface area contributed by atoms with Crippen molar-refractivity contribution in [3.63, 3.8) is 0 Å². The molecule has 3 nitrogen and oxygen atoms in total. The zero-order valence-corrected chi connectivity index (χ0v) is 9.37. The Labute approximate surface area is 90.1 Å². The number of amides is 2. The monoisotopic (exact) mass is 204 g/mol. The third-order valence-electron chi connectivity index (χ3n) is 2.94. The third-order valence-corrected chi connectivity index (χ3v) is 2.94. The Balaban J connectivity index is 2.47. The maximum Gasteiger partial charge on any atom is 0.321 e. The number of hydrogen-bond acceptors (Lipinski definition) is 1. The molecule has 2 rings (SSSR count). The van der Waals surface area contributed by atoms with Gasteiger partial charge >= 0.3 is 6.03 Å². The summed E-state index contributed by atoms with van der Waals surface area (Å²) < 4.78 is 0. The maximum absolute atomic E-state index is 11.7. The normalized spacial score (nSPS) is 17.4. The van der Waals surface area contributed by atoms with Crippen LogP contribution in [0.5, 0.6) is 0 Å². The summed E-state index contributed by atoms with van der Waals surface area (Å²) in [6, 6.07) is 8.05. The highest BCUT2D eigenvalue weighted by atomic mass is 16.2. The minimum atomic E-state index is -0.0342. The number of carbonyl (C=O) groups excluding carboxylic acids is 1. The first-order valence-electron chi connectivity index (χ1n) is 5.15. The second-order valence-corrected chi connectivity index (χ2v) is 4.54. The largest absolute Gasteiger partial charge is 0.341 e. The molecular weight excluding hydrogens is 188 g/mol. The molecule has 0 aromatic heterocycles. The van der Waals surface area contributed by atoms with Gasteiger partial charge in [0.2, 0.25) is 0 Å². The second kappa shape index (κ2) is 3.26. The van der Waals surface area contributed by atoms with E-state index in [-0.39, 0.29) is 11.4 Å². The molecule has 0 unspecified atom stereocenters. The molecular formula is C12H16N2O. The fourth-order valence-corrected chi connectivity index (χ4v) is 2.16. The van der Waals surface area contributed by atoms with E-state index in [2.05, 4.69) is 25.2 Å². The summed E-state index contributed by atoms with van der Waals surface area (Å²) in [6.45, 7) is 5.07. The van der Waals surface area contributed by atoms with E-state index in [0.29, 0.717) is 0 Å². The van der Waals surface area contributed by atoms with Crippen LogP contribution < -0.4 is 10.2 Å². The van der Waals surface area contributed by atoms with Gasteiger partial charge in [-0.05, 0) is 11.6 Å². The first kappa shape index (κ1) is 10.0. The molecule has 0 saturated carbocycles. The number of rotatable bonds is 0. The molecule has 80 valence electrons. The highest BCUT2D eigenvalue weighted by Crippen LogP contribution is 2.39. The van der Waals surface area contributed by atoms with Gasteiger partial charge in [-0.3, -0.25) is 4.90 Å². The quantitative estimate of drug-likeness (QED) is 0.689. The van der Waals surface area contributed by atoms with E-state index < -0.39 is 0 Å². The summed E-state index contributed by atoms with van der Waals surface area (Å²) >= 11 is 0. The molecule has 0 saturated heterocycles. The summed E-state index contributed by atoms with van der Waals surface area (Å²) in [5.41, 5.74) is 2.32. The van der Waals surface area contributed by atoms with Crippen LogP contribution in [-0.4, -0.2) is 19.6 Å². The standard InChI is InChI=1S/C12H16N2O/c1-12(2)8-14(11(15)13-3)10-7-5-4-6-9(10)12/h4-7H,8H2,1-3H3,(H,13,15). The molecule has 0 atom stereocenters. The first-order valence-corrected chi connectivity index (χ1v) is 5.15. The molecule has 1 aromatic carbocycles. The second-order valence-electron chi connectivity index (χ2n) is 4.54. The summed E-state index contributed by atoms with van der Waals surface area (Å²) in [6.07, 6.45) is 0. The molecule has 0 bridgehead atoms. The van der Waals surface area contributed by atoms with Crippen molar-refractivity contribution < 1.29 is 4.79 Å². The van der Waals surface area contributed by atoms with Gasteiger partial charge in [0.1, 0.15) is 0 Å². The van der Waals surface area contributed by atoms with Crippen molar-refractivity contribution in [2.75, 3.05) is 18.5 Å². The highest BCUT2D eigenvalue weighted by Gasteiger charge is 2.37. The smallest absolute Gasteiger partial charge is 0.321 e. The molecule has 2 amide bonds. The van der Waals surface area contributed by atoms with E-state index in [0.717, 1.165) is 12.2 Å². The van der Waals surface area contributed by atoms with Gasteiger partial charge in [0.15, 0.2) is 0 Å². The number of nitrogens with one attached hydrogen (secondary N) is 1. The van der Waals surface area contributed by atoms with Crippen molar-refractivity contribution in [2.24, 2.45) is 0 Å². The molecule has 3 heteroatoms. The van der Waals surface area contributed by atoms with Crippen molar-refractivity contribution in [2.45, 2.75) is 19.3 Å². The summed E-state index contributed by atoms with van der Waals surface area (Å²) in [7, 11) is 1.66. The van der Waals surface area contributed by atoms with Gasteiger partial charge in [0, 0.05) is 24.7 Å². The van der Waals surface area contributed by atoms with Gasteiger partial charge in [-0.25, -0.2) is 4.79 Å². The minimum Gasteiger partial charge on any atom is -0.341 e. The van der Waals surface area contributed by atoms with Crippen LogP contribution in [0.25, 0.3) is 0 Å². The lowest BCUT2D eigenvalue weighted by atomic mass is 9.87. The number of anilines is 1. The lowest BCUT2D eigenvalue weighted by Gasteiger charge is -2.20. The predicted octanol–water partition coefficient (Wildman–Crippen LogP) is 2.12. The van der Waals surface area contributed by atoms with E-state index >= 15 is 0 Å². The Hall–Kier alpha value is -1.51. The van der Waals surface area contributed by atoms with Crippen LogP contribution >= 0.6 is 0 Å². The summed E-state index contributed by atoms with van der Waals surface area (Å²) in [4.78, 5) is 13.5. The molecule has 1 aromatic rings. The van der Waals surface area contributed by atoms with Gasteiger partial charge in [-0.2, -0.15) is 0 Å². The number of nitrogens with zero attached hydrogens (tertiary/aromatic N) is 1. The summed E-state index contributed by atoms with van der Waals surface area (Å²) in [5.74, 6) is 0. The van der Waals surface area contributed by atoms with E-state index in [1.807, 2.05) is 18.2 Å². The van der Waals surface area contributed by atoms with E-state index in [9.17, 15) is 4.79 Å². The molecule has 0 spiro atoms. The topological polar surface area (TPSA) is 32.3 Å². The van der Waals surface area contributed by atoms with Gasteiger partial charge < -0.3 is 5.32 Å². The Morgan fingerprint density at radius 1 is 1.40 bits per heavy atom. The van der Waals surface area contributed by atoms with Crippen molar-refractivity contribution in [1.82, 2.24) is 5.32 Å². The van der Waals surface area contributed by atoms with Gasteiger partial charge in [-0.1, -0.05) is 32.0 Å². The lowest BCUT2D eigenvalue weighted by molar-refractivity contribution is 0.247. The Kier molecular flexibility index (Phi) is 2.18. The van der Waals surface area contributed by atoms with E-state index in [4.69, 9.17) is 0 Å². The Morgan fingerprint density at radius 3 is 2.73 bits per heavy atom. The van der Waals surface area contributed by atoms with Gasteiger partial charge in [0.05, 0.1) is 0 Å². The van der Waals surface area contributed by atoms with Crippen molar-refractivity contribution in [1.29, 1.82) is 0 Å². The molecule has 1 heterocycles. The van der Waals surface area contributed by atoms with Crippen LogP contribution in [-0.2, 0) is 5.41 Å². The van der Waals surface area contributed by atoms with Crippen molar-refractivity contribution in [3.05, 3.63) is 29.8 Å². The van der Waals surface area contributed by atoms with Gasteiger partial charge in [0.25, 0.3) is 0 Å². The predicted molar refractivity (Wildman–Crippen MR) is 61.3 cm³/mol. The number of hydrogen-bond donors (Lipinski definition) is 1. The van der Waals surface area contributed by atoms with Crippen LogP contribution in [0.1, 0.15) is 19.4 Å². The average molecular weight is 204 g/mol. The highest BCUT2D eigenvalue weighted by molar-refractivity contribution is 5.94. The first-order chi connectivity index (χ1) is 7.06. The van der Waals surface area contributed by atoms with Gasteiger partial charge in [-0.15, -0.1) is 0 Å². The van der Waals surface area contributed by atoms with E-state index in [1.54, 1.807) is 11.9 Å². The van der Waals surface area contributed by atoms with E-state index in [1.165, 1.54) is 5.56 Å².